The first kappa shape index (κ1) is 18.5. The fraction of sp³-hybridized carbons (Fsp3) is 0. The molecular weight excluding hydrogens is 435 g/mol. The molecule has 0 saturated carbocycles. The van der Waals surface area contributed by atoms with Gasteiger partial charge < -0.3 is 0 Å². The minimum atomic E-state index is -1.53. The Morgan fingerprint density at radius 1 is 0.440 bits per heavy atom. The predicted molar refractivity (Wildman–Crippen MR) is 108 cm³/mol. The Hall–Kier alpha value is -1.33. The van der Waals surface area contributed by atoms with Gasteiger partial charge >= 0.3 is 161 Å². The van der Waals surface area contributed by atoms with Crippen LogP contribution < -0.4 is 0 Å². The zero-order valence-corrected chi connectivity index (χ0v) is 17.3. The van der Waals surface area contributed by atoms with Crippen molar-refractivity contribution < 1.29 is 15.3 Å². The van der Waals surface area contributed by atoms with Gasteiger partial charge in [0, 0.05) is 0 Å². The molecule has 7 heteroatoms. The number of phenolic OH excluding ortho intramolecular Hbond substituents is 3. The van der Waals surface area contributed by atoms with E-state index in [1.54, 1.807) is 36.4 Å². The normalized spacial score (nSPS) is 10.9. The number of benzene rings is 3. The van der Waals surface area contributed by atoms with Gasteiger partial charge in [-0.3, -0.25) is 0 Å². The second-order valence-electron chi connectivity index (χ2n) is 4.98. The number of hydrogen-bond acceptors (Lipinski definition) is 6. The Balaban J connectivity index is 1.77. The van der Waals surface area contributed by atoms with Crippen LogP contribution in [-0.2, 0) is 0 Å². The number of aromatic hydroxyl groups is 3. The van der Waals surface area contributed by atoms with Crippen LogP contribution in [0.4, 0.5) is 0 Å². The summed E-state index contributed by atoms with van der Waals surface area (Å²) in [5.74, 6) is 0.794. The van der Waals surface area contributed by atoms with Gasteiger partial charge in [0.15, 0.2) is 0 Å². The van der Waals surface area contributed by atoms with Crippen molar-refractivity contribution in [3.63, 3.8) is 0 Å². The molecule has 0 aliphatic rings. The summed E-state index contributed by atoms with van der Waals surface area (Å²) in [7, 11) is 5.49. The molecule has 0 unspecified atom stereocenters. The Morgan fingerprint density at radius 3 is 0.920 bits per heavy atom. The van der Waals surface area contributed by atoms with Crippen molar-refractivity contribution in [2.75, 3.05) is 0 Å². The third-order valence-corrected chi connectivity index (χ3v) is 18.7. The van der Waals surface area contributed by atoms with E-state index in [1.807, 2.05) is 66.5 Å². The van der Waals surface area contributed by atoms with Gasteiger partial charge in [-0.05, 0) is 0 Å². The molecule has 0 atom stereocenters. The summed E-state index contributed by atoms with van der Waals surface area (Å²) in [6.45, 7) is 0. The van der Waals surface area contributed by atoms with Crippen LogP contribution in [0, 0.1) is 0 Å². The summed E-state index contributed by atoms with van der Waals surface area (Å²) >= 11 is -1.53. The molecule has 0 radical (unpaired) electrons. The van der Waals surface area contributed by atoms with Crippen molar-refractivity contribution in [2.24, 2.45) is 0 Å². The summed E-state index contributed by atoms with van der Waals surface area (Å²) < 4.78 is 0. The molecule has 0 amide bonds. The van der Waals surface area contributed by atoms with E-state index >= 15 is 0 Å². The van der Waals surface area contributed by atoms with E-state index in [9.17, 15) is 15.3 Å². The molecule has 0 aliphatic carbocycles. The van der Waals surface area contributed by atoms with Crippen molar-refractivity contribution in [3.8, 4) is 17.2 Å². The van der Waals surface area contributed by atoms with Crippen molar-refractivity contribution in [1.82, 2.24) is 0 Å². The molecule has 3 aromatic carbocycles. The maximum atomic E-state index is 9.46. The van der Waals surface area contributed by atoms with Crippen LogP contribution in [0.2, 0.25) is 0 Å². The van der Waals surface area contributed by atoms with Crippen LogP contribution in [0.1, 0.15) is 0 Å². The number of hydrogen-bond donors (Lipinski definition) is 3. The van der Waals surface area contributed by atoms with Gasteiger partial charge in [0.05, 0.1) is 0 Å². The summed E-state index contributed by atoms with van der Waals surface area (Å²) in [6.07, 6.45) is 0. The third-order valence-electron chi connectivity index (χ3n) is 3.05. The zero-order chi connectivity index (χ0) is 17.6. The van der Waals surface area contributed by atoms with Crippen molar-refractivity contribution in [3.05, 3.63) is 72.8 Å². The van der Waals surface area contributed by atoms with Crippen LogP contribution in [0.25, 0.3) is 0 Å². The van der Waals surface area contributed by atoms with E-state index < -0.39 is 11.2 Å². The maximum absolute atomic E-state index is 9.46. The van der Waals surface area contributed by atoms with Gasteiger partial charge in [-0.25, -0.2) is 0 Å². The zero-order valence-electron chi connectivity index (χ0n) is 12.9. The molecule has 3 N–H and O–H groups in total. The van der Waals surface area contributed by atoms with Crippen molar-refractivity contribution >= 4 is 41.3 Å². The Bertz CT molecular complexity index is 696. The van der Waals surface area contributed by atoms with Crippen molar-refractivity contribution in [1.29, 1.82) is 0 Å². The first-order chi connectivity index (χ1) is 12.1. The van der Waals surface area contributed by atoms with E-state index in [0.717, 1.165) is 14.7 Å². The van der Waals surface area contributed by atoms with Gasteiger partial charge in [-0.15, -0.1) is 0 Å². The predicted octanol–water partition coefficient (Wildman–Crippen LogP) is 5.47. The van der Waals surface area contributed by atoms with Crippen molar-refractivity contribution in [2.45, 2.75) is 14.7 Å². The van der Waals surface area contributed by atoms with E-state index in [-0.39, 0.29) is 17.2 Å². The van der Waals surface area contributed by atoms with Gasteiger partial charge in [0.2, 0.25) is 0 Å². The van der Waals surface area contributed by atoms with Gasteiger partial charge in [0.25, 0.3) is 0 Å². The summed E-state index contributed by atoms with van der Waals surface area (Å²) in [5.41, 5.74) is 0. The number of phenols is 3. The molecule has 0 saturated heterocycles. The second-order valence-corrected chi connectivity index (χ2v) is 20.6. The van der Waals surface area contributed by atoms with Crippen LogP contribution in [0.5, 0.6) is 17.2 Å². The standard InChI is InChI=1S/C18H15AsO3S3/c20-13-1-7-16(8-2-13)23-19(24-17-9-3-14(21)4-10-17)25-18-11-5-15(22)6-12-18/h1-12,20-22H. The first-order valence-corrected chi connectivity index (χ1v) is 16.5. The third kappa shape index (κ3) is 5.85. The molecule has 0 fully saturated rings. The minimum absolute atomic E-state index is 0.265. The molecule has 0 aliphatic heterocycles. The molecular formula is C18H15AsO3S3. The first-order valence-electron chi connectivity index (χ1n) is 7.30. The average molecular weight is 450 g/mol. The molecule has 0 aromatic heterocycles. The quantitative estimate of drug-likeness (QED) is 0.434. The fourth-order valence-electron chi connectivity index (χ4n) is 1.84. The van der Waals surface area contributed by atoms with Gasteiger partial charge in [-0.1, -0.05) is 0 Å². The Labute approximate surface area is 160 Å². The topological polar surface area (TPSA) is 60.7 Å². The molecule has 3 rings (SSSR count). The molecule has 0 spiro atoms. The van der Waals surface area contributed by atoms with Crippen LogP contribution in [-0.4, -0.2) is 26.5 Å². The van der Waals surface area contributed by atoms with E-state index in [2.05, 4.69) is 0 Å². The second kappa shape index (κ2) is 8.86. The molecule has 25 heavy (non-hydrogen) atoms. The van der Waals surface area contributed by atoms with E-state index in [0.29, 0.717) is 0 Å². The van der Waals surface area contributed by atoms with Gasteiger partial charge in [0.1, 0.15) is 0 Å². The summed E-state index contributed by atoms with van der Waals surface area (Å²) in [6, 6.07) is 21.8. The Morgan fingerprint density at radius 2 is 0.680 bits per heavy atom. The fourth-order valence-corrected chi connectivity index (χ4v) is 19.3. The van der Waals surface area contributed by atoms with Crippen LogP contribution in [0.15, 0.2) is 87.5 Å². The van der Waals surface area contributed by atoms with E-state index in [4.69, 9.17) is 0 Å². The summed E-state index contributed by atoms with van der Waals surface area (Å²) in [4.78, 5) is 3.36. The SMILES string of the molecule is Oc1ccc(S[As](Sc2ccc(O)cc2)Sc2ccc(O)cc2)cc1. The Kier molecular flexibility index (Phi) is 6.54. The average Bonchev–Trinajstić information content (AvgIpc) is 2.61. The molecule has 0 bridgehead atoms. The van der Waals surface area contributed by atoms with Gasteiger partial charge in [-0.2, -0.15) is 0 Å². The van der Waals surface area contributed by atoms with E-state index in [1.165, 1.54) is 0 Å². The van der Waals surface area contributed by atoms with Crippen LogP contribution >= 0.6 is 30.1 Å². The summed E-state index contributed by atoms with van der Waals surface area (Å²) in [5, 5.41) is 28.4. The monoisotopic (exact) mass is 450 g/mol. The van der Waals surface area contributed by atoms with Crippen LogP contribution in [0.3, 0.4) is 0 Å². The molecule has 128 valence electrons. The molecule has 3 aromatic rings. The molecule has 3 nitrogen and oxygen atoms in total. The number of rotatable bonds is 6. The molecule has 0 heterocycles.